The van der Waals surface area contributed by atoms with Crippen LogP contribution >= 0.6 is 11.6 Å². The SMILES string of the molecule is COC(=O)c1cccc(Cn2c(=O)n(-c3ccc(N4CCN(C(=O)C5CC5)CC4)cc3)c3cc(Cl)ccc32)c1F. The van der Waals surface area contributed by atoms with Crippen molar-refractivity contribution in [2.45, 2.75) is 19.4 Å². The quantitative estimate of drug-likeness (QED) is 0.324. The van der Waals surface area contributed by atoms with E-state index in [-0.39, 0.29) is 35.2 Å². The Balaban J connectivity index is 1.30. The molecule has 2 heterocycles. The Hall–Kier alpha value is -4.11. The average Bonchev–Trinajstić information content (AvgIpc) is 3.79. The fraction of sp³-hybridized carbons (Fsp3) is 0.300. The maximum atomic E-state index is 15.2. The lowest BCUT2D eigenvalue weighted by atomic mass is 10.1. The predicted octanol–water partition coefficient (Wildman–Crippen LogP) is 4.48. The van der Waals surface area contributed by atoms with Gasteiger partial charge in [0.1, 0.15) is 5.82 Å². The third-order valence-electron chi connectivity index (χ3n) is 7.69. The number of piperazine rings is 1. The third kappa shape index (κ3) is 4.75. The average molecular weight is 563 g/mol. The van der Waals surface area contributed by atoms with Crippen molar-refractivity contribution in [3.8, 4) is 5.69 Å². The van der Waals surface area contributed by atoms with Crippen LogP contribution in [0.4, 0.5) is 10.1 Å². The van der Waals surface area contributed by atoms with Gasteiger partial charge in [-0.15, -0.1) is 0 Å². The molecule has 1 aromatic heterocycles. The minimum absolute atomic E-state index is 0.0808. The summed E-state index contributed by atoms with van der Waals surface area (Å²) < 4.78 is 22.9. The van der Waals surface area contributed by atoms with Crippen LogP contribution in [0.15, 0.2) is 65.5 Å². The number of methoxy groups -OCH3 is 1. The Kier molecular flexibility index (Phi) is 6.83. The molecule has 0 N–H and O–H groups in total. The first-order valence-corrected chi connectivity index (χ1v) is 13.6. The highest BCUT2D eigenvalue weighted by Gasteiger charge is 2.34. The second-order valence-corrected chi connectivity index (χ2v) is 10.6. The lowest BCUT2D eigenvalue weighted by Gasteiger charge is -2.36. The van der Waals surface area contributed by atoms with Gasteiger partial charge in [0.2, 0.25) is 5.91 Å². The molecule has 1 aliphatic heterocycles. The summed E-state index contributed by atoms with van der Waals surface area (Å²) in [6.07, 6.45) is 2.02. The molecule has 0 atom stereocenters. The fourth-order valence-electron chi connectivity index (χ4n) is 5.36. The van der Waals surface area contributed by atoms with Crippen LogP contribution in [0.3, 0.4) is 0 Å². The van der Waals surface area contributed by atoms with Crippen LogP contribution in [0.25, 0.3) is 16.7 Å². The molecule has 2 fully saturated rings. The summed E-state index contributed by atoms with van der Waals surface area (Å²) in [7, 11) is 1.19. The first-order valence-electron chi connectivity index (χ1n) is 13.3. The number of carbonyl (C=O) groups is 2. The van der Waals surface area contributed by atoms with Crippen LogP contribution in [0.2, 0.25) is 5.02 Å². The number of hydrogen-bond acceptors (Lipinski definition) is 5. The standard InChI is InChI=1S/C30H28ClFN4O4/c1-40-29(38)24-4-2-3-20(27(24)32)18-35-25-12-7-21(31)17-26(25)36(30(35)39)23-10-8-22(9-11-23)33-13-15-34(16-14-33)28(37)19-5-6-19/h2-4,7-12,17,19H,5-6,13-16,18H2,1H3. The molecule has 1 saturated heterocycles. The van der Waals surface area contributed by atoms with Crippen LogP contribution in [0.5, 0.6) is 0 Å². The Labute approximate surface area is 235 Å². The number of anilines is 1. The van der Waals surface area contributed by atoms with Crippen LogP contribution in [-0.4, -0.2) is 59.2 Å². The van der Waals surface area contributed by atoms with Crippen molar-refractivity contribution in [1.29, 1.82) is 0 Å². The zero-order valence-electron chi connectivity index (χ0n) is 22.0. The van der Waals surface area contributed by atoms with Crippen molar-refractivity contribution in [3.63, 3.8) is 0 Å². The highest BCUT2D eigenvalue weighted by molar-refractivity contribution is 6.31. The van der Waals surface area contributed by atoms with E-state index in [9.17, 15) is 14.4 Å². The fourth-order valence-corrected chi connectivity index (χ4v) is 5.53. The highest BCUT2D eigenvalue weighted by atomic mass is 35.5. The first kappa shape index (κ1) is 26.1. The summed E-state index contributed by atoms with van der Waals surface area (Å²) in [4.78, 5) is 42.3. The molecule has 40 heavy (non-hydrogen) atoms. The molecule has 1 aliphatic carbocycles. The number of imidazole rings is 1. The maximum absolute atomic E-state index is 15.2. The number of fused-ring (bicyclic) bond motifs is 1. The molecule has 1 amide bonds. The summed E-state index contributed by atoms with van der Waals surface area (Å²) in [5.74, 6) is -0.995. The van der Waals surface area contributed by atoms with E-state index < -0.39 is 11.8 Å². The van der Waals surface area contributed by atoms with Gasteiger partial charge in [0.05, 0.1) is 35.9 Å². The lowest BCUT2D eigenvalue weighted by Crippen LogP contribution is -2.49. The summed E-state index contributed by atoms with van der Waals surface area (Å²) in [6, 6.07) is 17.3. The monoisotopic (exact) mass is 562 g/mol. The van der Waals surface area contributed by atoms with Gasteiger partial charge in [0, 0.05) is 48.4 Å². The Morgan fingerprint density at radius 2 is 1.65 bits per heavy atom. The van der Waals surface area contributed by atoms with Crippen LogP contribution in [0, 0.1) is 11.7 Å². The number of aromatic nitrogens is 2. The molecule has 2 aliphatic rings. The van der Waals surface area contributed by atoms with Crippen LogP contribution in [-0.2, 0) is 16.1 Å². The minimum atomic E-state index is -0.781. The number of rotatable bonds is 6. The van der Waals surface area contributed by atoms with Crippen molar-refractivity contribution in [2.75, 3.05) is 38.2 Å². The molecule has 10 heteroatoms. The van der Waals surface area contributed by atoms with Crippen molar-refractivity contribution < 1.29 is 18.7 Å². The van der Waals surface area contributed by atoms with E-state index in [1.54, 1.807) is 34.9 Å². The number of hydrogen-bond donors (Lipinski definition) is 0. The van der Waals surface area contributed by atoms with E-state index in [0.717, 1.165) is 31.6 Å². The number of esters is 1. The minimum Gasteiger partial charge on any atom is -0.465 e. The van der Waals surface area contributed by atoms with Gasteiger partial charge >= 0.3 is 11.7 Å². The van der Waals surface area contributed by atoms with Gasteiger partial charge in [-0.3, -0.25) is 13.9 Å². The number of ether oxygens (including phenoxy) is 1. The summed E-state index contributed by atoms with van der Waals surface area (Å²) in [5.41, 5.74) is 2.46. The highest BCUT2D eigenvalue weighted by Crippen LogP contribution is 2.32. The van der Waals surface area contributed by atoms with Gasteiger partial charge in [-0.25, -0.2) is 14.0 Å². The van der Waals surface area contributed by atoms with Crippen LogP contribution < -0.4 is 10.6 Å². The Morgan fingerprint density at radius 1 is 0.950 bits per heavy atom. The second kappa shape index (κ2) is 10.5. The number of amides is 1. The molecule has 0 spiro atoms. The van der Waals surface area contributed by atoms with E-state index in [1.807, 2.05) is 29.2 Å². The largest absolute Gasteiger partial charge is 0.465 e. The molecular weight excluding hydrogens is 535 g/mol. The molecule has 6 rings (SSSR count). The van der Waals surface area contributed by atoms with E-state index in [4.69, 9.17) is 11.6 Å². The predicted molar refractivity (Wildman–Crippen MR) is 151 cm³/mol. The van der Waals surface area contributed by atoms with Gasteiger partial charge in [0.15, 0.2) is 0 Å². The van der Waals surface area contributed by atoms with Crippen molar-refractivity contribution in [3.05, 3.63) is 93.1 Å². The van der Waals surface area contributed by atoms with E-state index in [0.29, 0.717) is 34.8 Å². The summed E-state index contributed by atoms with van der Waals surface area (Å²) >= 11 is 6.31. The van der Waals surface area contributed by atoms with Crippen LogP contribution in [0.1, 0.15) is 28.8 Å². The van der Waals surface area contributed by atoms with Crippen molar-refractivity contribution >= 4 is 40.2 Å². The molecule has 8 nitrogen and oxygen atoms in total. The normalized spacial score (nSPS) is 15.5. The van der Waals surface area contributed by atoms with Gasteiger partial charge in [-0.1, -0.05) is 23.7 Å². The molecule has 1 saturated carbocycles. The Morgan fingerprint density at radius 3 is 2.33 bits per heavy atom. The van der Waals surface area contributed by atoms with Gasteiger partial charge < -0.3 is 14.5 Å². The molecule has 0 unspecified atom stereocenters. The number of halogens is 2. The first-order chi connectivity index (χ1) is 19.4. The summed E-state index contributed by atoms with van der Waals surface area (Å²) in [6.45, 7) is 2.83. The van der Waals surface area contributed by atoms with E-state index in [2.05, 4.69) is 9.64 Å². The molecule has 206 valence electrons. The maximum Gasteiger partial charge on any atom is 0.340 e. The third-order valence-corrected chi connectivity index (χ3v) is 7.93. The van der Waals surface area contributed by atoms with E-state index in [1.165, 1.54) is 17.7 Å². The topological polar surface area (TPSA) is 76.8 Å². The molecular formula is C30H28ClFN4O4. The Bertz CT molecular complexity index is 1670. The number of benzene rings is 3. The summed E-state index contributed by atoms with van der Waals surface area (Å²) in [5, 5.41) is 0.465. The van der Waals surface area contributed by atoms with Gasteiger partial charge in [-0.2, -0.15) is 0 Å². The zero-order valence-corrected chi connectivity index (χ0v) is 22.7. The lowest BCUT2D eigenvalue weighted by molar-refractivity contribution is -0.132. The molecule has 3 aromatic carbocycles. The second-order valence-electron chi connectivity index (χ2n) is 10.2. The smallest absolute Gasteiger partial charge is 0.340 e. The molecule has 4 aromatic rings. The van der Waals surface area contributed by atoms with Crippen molar-refractivity contribution in [1.82, 2.24) is 14.0 Å². The van der Waals surface area contributed by atoms with Gasteiger partial charge in [0.25, 0.3) is 0 Å². The molecule has 0 radical (unpaired) electrons. The van der Waals surface area contributed by atoms with Gasteiger partial charge in [-0.05, 0) is 61.4 Å². The zero-order chi connectivity index (χ0) is 28.0. The van der Waals surface area contributed by atoms with E-state index >= 15 is 4.39 Å². The molecule has 0 bridgehead atoms. The number of carbonyl (C=O) groups excluding carboxylic acids is 2. The van der Waals surface area contributed by atoms with Crippen molar-refractivity contribution in [2.24, 2.45) is 5.92 Å². The number of nitrogens with zero attached hydrogens (tertiary/aromatic N) is 4.